The van der Waals surface area contributed by atoms with Crippen molar-refractivity contribution in [1.82, 2.24) is 4.90 Å². The summed E-state index contributed by atoms with van der Waals surface area (Å²) in [4.78, 5) is 84.2. The molecule has 14 nitrogen and oxygen atoms in total. The Labute approximate surface area is 386 Å². The van der Waals surface area contributed by atoms with Crippen LogP contribution >= 0.6 is 0 Å². The number of carbonyl (C=O) groups is 6. The molecule has 0 spiro atoms. The largest absolute Gasteiger partial charge is 0.460 e. The number of fused-ring (bicyclic) bond motifs is 3. The molecule has 3 fully saturated rings. The highest BCUT2D eigenvalue weighted by Crippen LogP contribution is 2.37. The predicted molar refractivity (Wildman–Crippen MR) is 244 cm³/mol. The fourth-order valence-corrected chi connectivity index (χ4v) is 9.95. The van der Waals surface area contributed by atoms with E-state index < -0.39 is 83.9 Å². The smallest absolute Gasteiger partial charge is 0.329 e. The molecule has 14 atom stereocenters. The number of rotatable bonds is 6. The van der Waals surface area contributed by atoms with Gasteiger partial charge in [0.1, 0.15) is 36.2 Å². The maximum Gasteiger partial charge on any atom is 0.329 e. The monoisotopic (exact) mass is 912 g/mol. The zero-order valence-electron chi connectivity index (χ0n) is 40.5. The van der Waals surface area contributed by atoms with Gasteiger partial charge >= 0.3 is 5.97 Å². The van der Waals surface area contributed by atoms with Crippen molar-refractivity contribution in [2.45, 2.75) is 174 Å². The normalized spacial score (nSPS) is 39.3. The number of Topliss-reactive ketones (excluding diaryl/α,β-unsaturated/α-hetero) is 4. The number of aliphatic hydroxyl groups excluding tert-OH is 1. The summed E-state index contributed by atoms with van der Waals surface area (Å²) >= 11 is 0. The molecule has 1 aliphatic carbocycles. The fraction of sp³-hybridized carbons (Fsp3) is 0.725. The van der Waals surface area contributed by atoms with Crippen LogP contribution in [0.2, 0.25) is 0 Å². The number of carbonyl (C=O) groups excluding carboxylic acids is 6. The second-order valence-corrected chi connectivity index (χ2v) is 19.4. The number of allylic oxidation sites excluding steroid dienone is 6. The van der Waals surface area contributed by atoms with Crippen molar-refractivity contribution in [3.8, 4) is 0 Å². The molecule has 0 aromatic rings. The number of esters is 1. The quantitative estimate of drug-likeness (QED) is 0.170. The number of methoxy groups -OCH3 is 3. The molecule has 0 aromatic heterocycles. The minimum absolute atomic E-state index is 0.0155. The van der Waals surface area contributed by atoms with Crippen LogP contribution in [0.1, 0.15) is 126 Å². The lowest BCUT2D eigenvalue weighted by atomic mass is 9.79. The van der Waals surface area contributed by atoms with Gasteiger partial charge in [0, 0.05) is 64.9 Å². The van der Waals surface area contributed by atoms with Crippen LogP contribution in [0, 0.1) is 35.5 Å². The summed E-state index contributed by atoms with van der Waals surface area (Å²) < 4.78 is 29.2. The Morgan fingerprint density at radius 1 is 0.831 bits per heavy atom. The van der Waals surface area contributed by atoms with Gasteiger partial charge in [0.05, 0.1) is 12.2 Å². The van der Waals surface area contributed by atoms with Crippen LogP contribution in [0.4, 0.5) is 0 Å². The van der Waals surface area contributed by atoms with Crippen molar-refractivity contribution in [1.29, 1.82) is 0 Å². The summed E-state index contributed by atoms with van der Waals surface area (Å²) in [6.07, 6.45) is 11.0. The van der Waals surface area contributed by atoms with Gasteiger partial charge in [0.15, 0.2) is 11.6 Å². The van der Waals surface area contributed by atoms with Gasteiger partial charge in [0.2, 0.25) is 5.79 Å². The van der Waals surface area contributed by atoms with Gasteiger partial charge in [0.25, 0.3) is 11.7 Å². The maximum atomic E-state index is 14.3. The molecule has 3 heterocycles. The Balaban J connectivity index is 1.70. The third-order valence-electron chi connectivity index (χ3n) is 14.3. The average Bonchev–Trinajstić information content (AvgIpc) is 3.28. The third-order valence-corrected chi connectivity index (χ3v) is 14.3. The van der Waals surface area contributed by atoms with E-state index in [1.807, 2.05) is 58.1 Å². The molecule has 65 heavy (non-hydrogen) atoms. The summed E-state index contributed by atoms with van der Waals surface area (Å²) in [6.45, 7) is 12.7. The lowest BCUT2D eigenvalue weighted by Crippen LogP contribution is -2.61. The summed E-state index contributed by atoms with van der Waals surface area (Å²) in [5.74, 6) is -8.09. The molecular weight excluding hydrogens is 835 g/mol. The van der Waals surface area contributed by atoms with Gasteiger partial charge in [-0.05, 0) is 101 Å². The zero-order valence-corrected chi connectivity index (χ0v) is 40.5. The Hall–Kier alpha value is -3.66. The third kappa shape index (κ3) is 14.2. The second kappa shape index (κ2) is 24.9. The van der Waals surface area contributed by atoms with Crippen LogP contribution in [0.15, 0.2) is 47.6 Å². The van der Waals surface area contributed by atoms with Gasteiger partial charge in [-0.2, -0.15) is 0 Å². The SMILES string of the molecule is CO[C@H]1C[C@@H]2CC[C@@H](C)[C@@](O)(O2)C(=O)C(=O)N2CCCC[C@H]2C(=O)O[C@H]([C@H](C)C[C@@H]2CCC(=O)[C@H](OC)C2)CC(=O)[C@H](C)/C=C(\C)[C@@H](O)[C@@H](OC)C(=O)[C@H](C)C[C@H](C)/C=C/C=C/C=C/1C. The number of aliphatic hydroxyl groups is 2. The molecule has 0 unspecified atom stereocenters. The minimum atomic E-state index is -2.43. The van der Waals surface area contributed by atoms with Gasteiger partial charge in [-0.15, -0.1) is 0 Å². The predicted octanol–water partition coefficient (Wildman–Crippen LogP) is 6.39. The highest BCUT2D eigenvalue weighted by Gasteiger charge is 2.53. The summed E-state index contributed by atoms with van der Waals surface area (Å²) in [7, 11) is 4.45. The number of ether oxygens (including phenoxy) is 5. The topological polar surface area (TPSA) is 192 Å². The number of amides is 1. The van der Waals surface area contributed by atoms with Crippen molar-refractivity contribution < 1.29 is 62.7 Å². The van der Waals surface area contributed by atoms with Crippen molar-refractivity contribution >= 4 is 35.0 Å². The molecule has 2 bridgehead atoms. The van der Waals surface area contributed by atoms with Gasteiger partial charge in [-0.1, -0.05) is 71.1 Å². The van der Waals surface area contributed by atoms with Crippen LogP contribution in [-0.4, -0.2) is 126 Å². The molecule has 3 aliphatic heterocycles. The van der Waals surface area contributed by atoms with E-state index in [1.165, 1.54) is 19.1 Å². The number of ketones is 4. The number of piperidine rings is 1. The van der Waals surface area contributed by atoms with E-state index in [9.17, 15) is 39.0 Å². The molecule has 1 saturated carbocycles. The number of hydrogen-bond donors (Lipinski definition) is 2. The van der Waals surface area contributed by atoms with E-state index >= 15 is 0 Å². The summed E-state index contributed by atoms with van der Waals surface area (Å²) in [6, 6.07) is -1.15. The molecule has 364 valence electrons. The Bertz CT molecular complexity index is 1800. The van der Waals surface area contributed by atoms with E-state index in [4.69, 9.17) is 23.7 Å². The highest BCUT2D eigenvalue weighted by molar-refractivity contribution is 6.39. The first kappa shape index (κ1) is 54.0. The number of nitrogens with zero attached hydrogens (tertiary/aromatic N) is 1. The van der Waals surface area contributed by atoms with Gasteiger partial charge in [-0.25, -0.2) is 4.79 Å². The Morgan fingerprint density at radius 3 is 2.22 bits per heavy atom. The lowest BCUT2D eigenvalue weighted by molar-refractivity contribution is -0.265. The van der Waals surface area contributed by atoms with Crippen LogP contribution in [0.5, 0.6) is 0 Å². The lowest BCUT2D eigenvalue weighted by Gasteiger charge is -2.42. The van der Waals surface area contributed by atoms with Crippen LogP contribution in [0.25, 0.3) is 0 Å². The van der Waals surface area contributed by atoms with Crippen molar-refractivity contribution in [2.75, 3.05) is 27.9 Å². The van der Waals surface area contributed by atoms with Crippen molar-refractivity contribution in [3.63, 3.8) is 0 Å². The fourth-order valence-electron chi connectivity index (χ4n) is 9.95. The van der Waals surface area contributed by atoms with E-state index in [1.54, 1.807) is 34.0 Å². The maximum absolute atomic E-state index is 14.3. The summed E-state index contributed by atoms with van der Waals surface area (Å²) in [5.41, 5.74) is 1.25. The molecule has 0 aromatic carbocycles. The highest BCUT2D eigenvalue weighted by atomic mass is 16.6. The van der Waals surface area contributed by atoms with E-state index in [-0.39, 0.29) is 54.5 Å². The average molecular weight is 912 g/mol. The van der Waals surface area contributed by atoms with Crippen molar-refractivity contribution in [2.24, 2.45) is 35.5 Å². The van der Waals surface area contributed by atoms with E-state index in [2.05, 4.69) is 0 Å². The first-order valence-electron chi connectivity index (χ1n) is 23.8. The zero-order chi connectivity index (χ0) is 48.2. The molecule has 4 aliphatic rings. The van der Waals surface area contributed by atoms with Gasteiger partial charge < -0.3 is 38.8 Å². The second-order valence-electron chi connectivity index (χ2n) is 19.4. The van der Waals surface area contributed by atoms with Gasteiger partial charge in [-0.3, -0.25) is 24.0 Å². The molecule has 14 heteroatoms. The molecule has 1 amide bonds. The van der Waals surface area contributed by atoms with Crippen LogP contribution in [0.3, 0.4) is 0 Å². The first-order chi connectivity index (χ1) is 30.7. The number of hydrogen-bond acceptors (Lipinski definition) is 13. The van der Waals surface area contributed by atoms with Crippen molar-refractivity contribution in [3.05, 3.63) is 47.6 Å². The first-order valence-corrected chi connectivity index (χ1v) is 23.8. The van der Waals surface area contributed by atoms with Crippen LogP contribution < -0.4 is 0 Å². The molecular formula is C51H77NO13. The van der Waals surface area contributed by atoms with Crippen LogP contribution in [-0.2, 0) is 52.5 Å². The molecule has 4 rings (SSSR count). The number of cyclic esters (lactones) is 1. The Kier molecular flexibility index (Phi) is 20.7. The summed E-state index contributed by atoms with van der Waals surface area (Å²) in [5, 5.41) is 23.3. The standard InChI is InChI=1S/C51H77NO13/c1-30-16-12-11-13-17-31(2)42(61-8)28-38-21-19-36(7)51(60,65-38)48(57)49(58)52-23-15-14-18-39(52)50(59)64-43(33(4)26-37-20-22-40(53)44(27-37)62-9)29-41(54)32(3)25-35(6)46(56)47(63-10)45(55)34(5)24-30/h11-13,16-17,25,30,32-34,36-39,42-44,46-47,56,60H,14-15,18-24,26-29H2,1-10H3/b13-11+,16-12+,31-17+,35-25+/t30-,32-,33-,34-,36-,37+,38+,39+,42+,43+,44-,46-,47+,51-/m1/s1. The molecule has 2 N–H and O–H groups in total. The minimum Gasteiger partial charge on any atom is -0.460 e. The van der Waals surface area contributed by atoms with E-state index in [0.717, 1.165) is 5.57 Å². The van der Waals surface area contributed by atoms with E-state index in [0.29, 0.717) is 69.8 Å². The molecule has 0 radical (unpaired) electrons. The molecule has 2 saturated heterocycles. The Morgan fingerprint density at radius 2 is 1.54 bits per heavy atom.